The minimum atomic E-state index is -1.47. The maximum atomic E-state index is 10.9. The van der Waals surface area contributed by atoms with Crippen LogP contribution in [0, 0.1) is 10.1 Å². The molecule has 0 bridgehead atoms. The number of carboxylic acid groups (broad SMARTS) is 1. The minimum absolute atomic E-state index is 0.0908. The first kappa shape index (κ1) is 14.6. The molecule has 1 rings (SSSR count). The summed E-state index contributed by atoms with van der Waals surface area (Å²) in [6.45, 7) is 0. The van der Waals surface area contributed by atoms with Gasteiger partial charge in [-0.3, -0.25) is 10.1 Å². The molecule has 2 atom stereocenters. The number of rotatable bonds is 5. The first-order valence-electron chi connectivity index (χ1n) is 4.82. The van der Waals surface area contributed by atoms with Crippen LogP contribution in [0.25, 0.3) is 0 Å². The molecule has 1 aromatic rings. The Morgan fingerprint density at radius 2 is 2.06 bits per heavy atom. The molecule has 98 valence electrons. The Kier molecular flexibility index (Phi) is 4.76. The molecule has 0 amide bonds. The van der Waals surface area contributed by atoms with Crippen molar-refractivity contribution in [2.45, 2.75) is 12.2 Å². The number of nitro groups is 1. The van der Waals surface area contributed by atoms with E-state index < -0.39 is 34.4 Å². The molecule has 0 spiro atoms. The zero-order chi connectivity index (χ0) is 13.9. The van der Waals surface area contributed by atoms with E-state index in [4.69, 9.17) is 5.11 Å². The summed E-state index contributed by atoms with van der Waals surface area (Å²) in [5.41, 5.74) is -0.991. The Morgan fingerprint density at radius 3 is 2.50 bits per heavy atom. The van der Waals surface area contributed by atoms with Crippen LogP contribution in [-0.4, -0.2) is 37.6 Å². The van der Waals surface area contributed by atoms with Crippen LogP contribution >= 0.6 is 15.9 Å². The third-order valence-corrected chi connectivity index (χ3v) is 2.98. The van der Waals surface area contributed by atoms with Crippen molar-refractivity contribution in [3.8, 4) is 0 Å². The first-order chi connectivity index (χ1) is 8.38. The van der Waals surface area contributed by atoms with Crippen LogP contribution in [0.15, 0.2) is 18.2 Å². The molecule has 7 nitrogen and oxygen atoms in total. The van der Waals surface area contributed by atoms with Crippen molar-refractivity contribution in [2.75, 3.05) is 5.33 Å². The average molecular weight is 320 g/mol. The lowest BCUT2D eigenvalue weighted by Gasteiger charge is -2.16. The third-order valence-electron chi connectivity index (χ3n) is 2.31. The van der Waals surface area contributed by atoms with Crippen molar-refractivity contribution in [1.82, 2.24) is 0 Å². The highest BCUT2D eigenvalue weighted by Gasteiger charge is 2.24. The van der Waals surface area contributed by atoms with Gasteiger partial charge >= 0.3 is 5.97 Å². The van der Waals surface area contributed by atoms with Crippen LogP contribution in [0.1, 0.15) is 22.0 Å². The second kappa shape index (κ2) is 5.89. The third kappa shape index (κ3) is 3.03. The highest BCUT2D eigenvalue weighted by molar-refractivity contribution is 9.09. The van der Waals surface area contributed by atoms with Gasteiger partial charge in [-0.25, -0.2) is 4.79 Å². The lowest BCUT2D eigenvalue weighted by atomic mass is 10.0. The number of halogens is 1. The quantitative estimate of drug-likeness (QED) is 0.424. The fourth-order valence-electron chi connectivity index (χ4n) is 1.37. The molecule has 0 aliphatic carbocycles. The highest BCUT2D eigenvalue weighted by Crippen LogP contribution is 2.25. The molecule has 0 saturated heterocycles. The predicted octanol–water partition coefficient (Wildman–Crippen LogP) is 1.08. The van der Waals surface area contributed by atoms with E-state index in [-0.39, 0.29) is 10.9 Å². The smallest absolute Gasteiger partial charge is 0.342 e. The lowest BCUT2D eigenvalue weighted by Crippen LogP contribution is -2.20. The number of carbonyl (C=O) groups is 1. The number of carboxylic acids is 1. The Morgan fingerprint density at radius 1 is 1.44 bits per heavy atom. The highest BCUT2D eigenvalue weighted by atomic mass is 79.9. The van der Waals surface area contributed by atoms with Gasteiger partial charge in [-0.1, -0.05) is 15.9 Å². The molecule has 2 unspecified atom stereocenters. The van der Waals surface area contributed by atoms with Gasteiger partial charge in [-0.2, -0.15) is 0 Å². The van der Waals surface area contributed by atoms with Gasteiger partial charge in [0.1, 0.15) is 11.7 Å². The summed E-state index contributed by atoms with van der Waals surface area (Å²) >= 11 is 2.96. The van der Waals surface area contributed by atoms with Gasteiger partial charge in [-0.05, 0) is 17.7 Å². The predicted molar refractivity (Wildman–Crippen MR) is 64.8 cm³/mol. The van der Waals surface area contributed by atoms with Gasteiger partial charge in [-0.15, -0.1) is 0 Å². The van der Waals surface area contributed by atoms with E-state index in [9.17, 15) is 25.1 Å². The Bertz CT molecular complexity index is 477. The van der Waals surface area contributed by atoms with Crippen molar-refractivity contribution in [2.24, 2.45) is 0 Å². The minimum Gasteiger partial charge on any atom is -0.477 e. The van der Waals surface area contributed by atoms with E-state index in [0.717, 1.165) is 12.1 Å². The molecule has 0 aliphatic heterocycles. The van der Waals surface area contributed by atoms with E-state index in [1.807, 2.05) is 0 Å². The molecule has 18 heavy (non-hydrogen) atoms. The Labute approximate surface area is 110 Å². The number of hydrogen-bond acceptors (Lipinski definition) is 5. The Hall–Kier alpha value is -1.51. The molecule has 0 aliphatic rings. The van der Waals surface area contributed by atoms with Crippen LogP contribution in [0.2, 0.25) is 0 Å². The Balaban J connectivity index is 3.23. The SMILES string of the molecule is O=C(O)c1cc(C(O)C(O)CBr)ccc1[N+](=O)[O-]. The van der Waals surface area contributed by atoms with Gasteiger partial charge in [0.25, 0.3) is 5.69 Å². The van der Waals surface area contributed by atoms with Crippen LogP contribution in [-0.2, 0) is 0 Å². The summed E-state index contributed by atoms with van der Waals surface area (Å²) in [7, 11) is 0. The van der Waals surface area contributed by atoms with Crippen molar-refractivity contribution in [1.29, 1.82) is 0 Å². The summed E-state index contributed by atoms with van der Waals surface area (Å²) in [6.07, 6.45) is -2.45. The number of benzene rings is 1. The number of aliphatic hydroxyl groups excluding tert-OH is 2. The average Bonchev–Trinajstić information content (AvgIpc) is 2.35. The summed E-state index contributed by atoms with van der Waals surface area (Å²) in [4.78, 5) is 20.7. The van der Waals surface area contributed by atoms with Crippen LogP contribution in [0.4, 0.5) is 5.69 Å². The molecule has 0 aromatic heterocycles. The van der Waals surface area contributed by atoms with E-state index in [2.05, 4.69) is 15.9 Å². The summed E-state index contributed by atoms with van der Waals surface area (Å²) in [5, 5.41) is 38.7. The topological polar surface area (TPSA) is 121 Å². The second-order valence-electron chi connectivity index (χ2n) is 3.51. The van der Waals surface area contributed by atoms with E-state index in [0.29, 0.717) is 0 Å². The number of nitrogens with zero attached hydrogens (tertiary/aromatic N) is 1. The monoisotopic (exact) mass is 319 g/mol. The lowest BCUT2D eigenvalue weighted by molar-refractivity contribution is -0.385. The van der Waals surface area contributed by atoms with E-state index >= 15 is 0 Å². The number of nitro benzene ring substituents is 1. The summed E-state index contributed by atoms with van der Waals surface area (Å²) < 4.78 is 0. The molecule has 0 radical (unpaired) electrons. The number of alkyl halides is 1. The van der Waals surface area contributed by atoms with E-state index in [1.54, 1.807) is 0 Å². The van der Waals surface area contributed by atoms with Gasteiger partial charge in [0.2, 0.25) is 0 Å². The van der Waals surface area contributed by atoms with Gasteiger partial charge in [0, 0.05) is 11.4 Å². The molecule has 1 aromatic carbocycles. The molecule has 0 heterocycles. The fourth-order valence-corrected chi connectivity index (χ4v) is 1.73. The van der Waals surface area contributed by atoms with Crippen LogP contribution < -0.4 is 0 Å². The number of aromatic carboxylic acids is 1. The molecule has 0 saturated carbocycles. The molecule has 8 heteroatoms. The van der Waals surface area contributed by atoms with E-state index in [1.165, 1.54) is 6.07 Å². The molecular formula is C10H10BrNO6. The van der Waals surface area contributed by atoms with Gasteiger partial charge < -0.3 is 15.3 Å². The number of hydrogen-bond donors (Lipinski definition) is 3. The number of aliphatic hydroxyl groups is 2. The van der Waals surface area contributed by atoms with Crippen molar-refractivity contribution >= 4 is 27.6 Å². The summed E-state index contributed by atoms with van der Waals surface area (Å²) in [6, 6.07) is 3.18. The van der Waals surface area contributed by atoms with Crippen LogP contribution in [0.5, 0.6) is 0 Å². The van der Waals surface area contributed by atoms with Crippen molar-refractivity contribution in [3.63, 3.8) is 0 Å². The normalized spacial score (nSPS) is 13.9. The van der Waals surface area contributed by atoms with Crippen molar-refractivity contribution < 1.29 is 25.0 Å². The van der Waals surface area contributed by atoms with Crippen LogP contribution in [0.3, 0.4) is 0 Å². The molecule has 0 fully saturated rings. The molecule has 3 N–H and O–H groups in total. The zero-order valence-electron chi connectivity index (χ0n) is 8.99. The largest absolute Gasteiger partial charge is 0.477 e. The fraction of sp³-hybridized carbons (Fsp3) is 0.300. The standard InChI is InChI=1S/C10H10BrNO6/c11-4-8(13)9(14)5-1-2-7(12(17)18)6(3-5)10(15)16/h1-3,8-9,13-14H,4H2,(H,15,16). The maximum Gasteiger partial charge on any atom is 0.342 e. The van der Waals surface area contributed by atoms with Gasteiger partial charge in [0.15, 0.2) is 0 Å². The summed E-state index contributed by atoms with van der Waals surface area (Å²) in [5.74, 6) is -1.47. The first-order valence-corrected chi connectivity index (χ1v) is 5.94. The molecular weight excluding hydrogens is 310 g/mol. The zero-order valence-corrected chi connectivity index (χ0v) is 10.6. The second-order valence-corrected chi connectivity index (χ2v) is 4.15. The van der Waals surface area contributed by atoms with Gasteiger partial charge in [0.05, 0.1) is 11.0 Å². The maximum absolute atomic E-state index is 10.9. The van der Waals surface area contributed by atoms with Crippen molar-refractivity contribution in [3.05, 3.63) is 39.4 Å².